The van der Waals surface area contributed by atoms with Crippen LogP contribution in [0.2, 0.25) is 0 Å². The Labute approximate surface area is 200 Å². The van der Waals surface area contributed by atoms with E-state index in [1.165, 1.54) is 11.1 Å². The molecule has 4 N–H and O–H groups in total. The van der Waals surface area contributed by atoms with Crippen LogP contribution in [0.15, 0.2) is 48.8 Å². The molecule has 4 rings (SSSR count). The number of aromatic nitrogens is 1. The van der Waals surface area contributed by atoms with Crippen LogP contribution in [0.5, 0.6) is 5.75 Å². The number of pyridine rings is 1. The number of nitrogens with one attached hydrogen (secondary N) is 1. The van der Waals surface area contributed by atoms with Crippen LogP contribution in [0.25, 0.3) is 0 Å². The topological polar surface area (TPSA) is 101 Å². The molecule has 2 aromatic carbocycles. The molecule has 0 saturated heterocycles. The smallest absolute Gasteiger partial charge is 0.304 e. The summed E-state index contributed by atoms with van der Waals surface area (Å²) in [4.78, 5) is 18.4. The fourth-order valence-electron chi connectivity index (χ4n) is 4.65. The van der Waals surface area contributed by atoms with Crippen LogP contribution in [-0.2, 0) is 17.9 Å². The zero-order valence-corrected chi connectivity index (χ0v) is 20.0. The molecule has 0 saturated carbocycles. The highest BCUT2D eigenvalue weighted by atomic mass is 16.5. The lowest BCUT2D eigenvalue weighted by molar-refractivity contribution is -0.137. The Hall–Kier alpha value is -3.58. The van der Waals surface area contributed by atoms with Crippen LogP contribution in [-0.4, -0.2) is 41.2 Å². The van der Waals surface area contributed by atoms with Gasteiger partial charge in [-0.3, -0.25) is 14.7 Å². The lowest BCUT2D eigenvalue weighted by Gasteiger charge is -2.24. The van der Waals surface area contributed by atoms with Crippen molar-refractivity contribution < 1.29 is 14.6 Å². The molecule has 1 aromatic heterocycles. The van der Waals surface area contributed by atoms with Gasteiger partial charge < -0.3 is 20.9 Å². The number of carboxylic acids is 1. The summed E-state index contributed by atoms with van der Waals surface area (Å²) in [6, 6.07) is 12.2. The van der Waals surface area contributed by atoms with Gasteiger partial charge in [0.25, 0.3) is 0 Å². The fourth-order valence-corrected chi connectivity index (χ4v) is 4.65. The van der Waals surface area contributed by atoms with Crippen LogP contribution in [0, 0.1) is 13.8 Å². The number of rotatable bonds is 7. The molecule has 34 heavy (non-hydrogen) atoms. The van der Waals surface area contributed by atoms with Crippen LogP contribution in [0.3, 0.4) is 0 Å². The van der Waals surface area contributed by atoms with Gasteiger partial charge in [0.2, 0.25) is 0 Å². The number of ether oxygens (including phenoxy) is 1. The third-order valence-electron chi connectivity index (χ3n) is 6.68. The molecule has 178 valence electrons. The van der Waals surface area contributed by atoms with Gasteiger partial charge in [-0.2, -0.15) is 0 Å². The lowest BCUT2D eigenvalue weighted by Crippen LogP contribution is -2.25. The van der Waals surface area contributed by atoms with Crippen molar-refractivity contribution in [2.24, 2.45) is 0 Å². The van der Waals surface area contributed by atoms with Crippen molar-refractivity contribution in [1.82, 2.24) is 9.88 Å². The number of hydrogen-bond acceptors (Lipinski definition) is 6. The number of nitrogens with zero attached hydrogens (tertiary/aromatic N) is 2. The van der Waals surface area contributed by atoms with Crippen molar-refractivity contribution in [1.29, 1.82) is 0 Å². The van der Waals surface area contributed by atoms with Crippen molar-refractivity contribution in [2.45, 2.75) is 39.3 Å². The average molecular weight is 461 g/mol. The molecule has 0 amide bonds. The van der Waals surface area contributed by atoms with Crippen LogP contribution in [0.1, 0.15) is 45.7 Å². The van der Waals surface area contributed by atoms with Gasteiger partial charge in [0, 0.05) is 44.4 Å². The molecule has 1 aliphatic rings. The monoisotopic (exact) mass is 460 g/mol. The van der Waals surface area contributed by atoms with Crippen LogP contribution in [0.4, 0.5) is 11.4 Å². The molecule has 7 heteroatoms. The van der Waals surface area contributed by atoms with Gasteiger partial charge in [-0.25, -0.2) is 0 Å². The number of nitrogen functional groups attached to an aromatic ring is 1. The number of anilines is 2. The van der Waals surface area contributed by atoms with Crippen molar-refractivity contribution in [3.8, 4) is 5.75 Å². The van der Waals surface area contributed by atoms with Gasteiger partial charge in [0.15, 0.2) is 0 Å². The molecule has 0 spiro atoms. The minimum absolute atomic E-state index is 0.000386. The summed E-state index contributed by atoms with van der Waals surface area (Å²) in [6.07, 6.45) is 3.57. The first-order valence-electron chi connectivity index (χ1n) is 11.5. The van der Waals surface area contributed by atoms with Crippen LogP contribution >= 0.6 is 0 Å². The van der Waals surface area contributed by atoms with E-state index in [1.807, 2.05) is 38.2 Å². The Morgan fingerprint density at radius 1 is 1.26 bits per heavy atom. The van der Waals surface area contributed by atoms with Gasteiger partial charge >= 0.3 is 5.97 Å². The Balaban J connectivity index is 1.66. The first kappa shape index (κ1) is 23.6. The Morgan fingerprint density at radius 3 is 2.85 bits per heavy atom. The molecule has 1 aliphatic heterocycles. The minimum atomic E-state index is -0.835. The van der Waals surface area contributed by atoms with Gasteiger partial charge in [0.05, 0.1) is 24.0 Å². The number of fused-ring (bicyclic) bond motifs is 1. The van der Waals surface area contributed by atoms with E-state index in [0.717, 1.165) is 53.3 Å². The Bertz CT molecular complexity index is 1190. The Kier molecular flexibility index (Phi) is 7.03. The summed E-state index contributed by atoms with van der Waals surface area (Å²) < 4.78 is 5.87. The summed E-state index contributed by atoms with van der Waals surface area (Å²) >= 11 is 0. The maximum atomic E-state index is 11.8. The molecule has 0 bridgehead atoms. The zero-order valence-electron chi connectivity index (χ0n) is 20.0. The maximum absolute atomic E-state index is 11.8. The highest BCUT2D eigenvalue weighted by molar-refractivity contribution is 5.74. The van der Waals surface area contributed by atoms with E-state index < -0.39 is 5.97 Å². The molecule has 1 unspecified atom stereocenters. The second-order valence-corrected chi connectivity index (χ2v) is 8.87. The van der Waals surface area contributed by atoms with Crippen LogP contribution < -0.4 is 15.8 Å². The number of aryl methyl sites for hydroxylation is 1. The molecule has 7 nitrogen and oxygen atoms in total. The highest BCUT2D eigenvalue weighted by Crippen LogP contribution is 2.36. The summed E-state index contributed by atoms with van der Waals surface area (Å²) in [5.41, 5.74) is 14.2. The van der Waals surface area contributed by atoms with Gasteiger partial charge in [0.1, 0.15) is 12.4 Å². The summed E-state index contributed by atoms with van der Waals surface area (Å²) in [7, 11) is 1.83. The number of nitrogens with two attached hydrogens (primary N) is 1. The van der Waals surface area contributed by atoms with E-state index >= 15 is 0 Å². The molecule has 1 atom stereocenters. The number of carboxylic acid groups (broad SMARTS) is 1. The van der Waals surface area contributed by atoms with E-state index in [9.17, 15) is 9.90 Å². The van der Waals surface area contributed by atoms with Crippen molar-refractivity contribution >= 4 is 17.3 Å². The average Bonchev–Trinajstić information content (AvgIpc) is 3.02. The Morgan fingerprint density at radius 2 is 2.09 bits per heavy atom. The molecule has 3 aromatic rings. The molecule has 0 aliphatic carbocycles. The molecular formula is C27H32N4O3. The SMILES string of the molecule is CNc1ccc(C(CC(=O)O)c2ccc(C)c(CN3CCOc4cnccc4C3)c2)c(C)c1N. The van der Waals surface area contributed by atoms with E-state index in [2.05, 4.69) is 34.3 Å². The van der Waals surface area contributed by atoms with Gasteiger partial charge in [-0.05, 0) is 53.8 Å². The summed E-state index contributed by atoms with van der Waals surface area (Å²) in [5, 5.41) is 12.8. The predicted molar refractivity (Wildman–Crippen MR) is 134 cm³/mol. The normalized spacial score (nSPS) is 14.6. The quantitative estimate of drug-likeness (QED) is 0.451. The number of benzene rings is 2. The summed E-state index contributed by atoms with van der Waals surface area (Å²) in [5.74, 6) is -0.280. The van der Waals surface area contributed by atoms with Gasteiger partial charge in [-0.1, -0.05) is 24.3 Å². The first-order chi connectivity index (χ1) is 16.4. The van der Waals surface area contributed by atoms with Crippen molar-refractivity contribution in [3.05, 3.63) is 82.2 Å². The minimum Gasteiger partial charge on any atom is -0.490 e. The third kappa shape index (κ3) is 4.99. The van der Waals surface area contributed by atoms with E-state index in [-0.39, 0.29) is 12.3 Å². The molecule has 0 radical (unpaired) electrons. The van der Waals surface area contributed by atoms with Crippen molar-refractivity contribution in [2.75, 3.05) is 31.2 Å². The van der Waals surface area contributed by atoms with Gasteiger partial charge in [-0.15, -0.1) is 0 Å². The summed E-state index contributed by atoms with van der Waals surface area (Å²) in [6.45, 7) is 7.00. The third-order valence-corrected chi connectivity index (χ3v) is 6.68. The first-order valence-corrected chi connectivity index (χ1v) is 11.5. The molecule has 2 heterocycles. The zero-order chi connectivity index (χ0) is 24.2. The second kappa shape index (κ2) is 10.1. The van der Waals surface area contributed by atoms with Crippen molar-refractivity contribution in [3.63, 3.8) is 0 Å². The standard InChI is InChI=1S/C27H32N4O3/c1-17-4-5-19(23(13-26(32)33)22-6-7-24(29-3)27(28)18(22)2)12-21(17)16-31-10-11-34-25-14-30-9-8-20(25)15-31/h4-9,12,14,23,29H,10-11,13,15-16,28H2,1-3H3,(H,32,33). The fraction of sp³-hybridized carbons (Fsp3) is 0.333. The predicted octanol–water partition coefficient (Wildman–Crippen LogP) is 4.32. The largest absolute Gasteiger partial charge is 0.490 e. The maximum Gasteiger partial charge on any atom is 0.304 e. The highest BCUT2D eigenvalue weighted by Gasteiger charge is 2.23. The van der Waals surface area contributed by atoms with E-state index in [4.69, 9.17) is 10.5 Å². The van der Waals surface area contributed by atoms with E-state index in [0.29, 0.717) is 12.3 Å². The number of hydrogen-bond donors (Lipinski definition) is 3. The second-order valence-electron chi connectivity index (χ2n) is 8.87. The number of carbonyl (C=O) groups is 1. The lowest BCUT2D eigenvalue weighted by atomic mass is 9.84. The van der Waals surface area contributed by atoms with E-state index in [1.54, 1.807) is 12.4 Å². The number of aliphatic carboxylic acids is 1. The molecular weight excluding hydrogens is 428 g/mol. The molecule has 0 fully saturated rings.